The number of ketones is 1. The molecule has 1 heteroatoms. The minimum Gasteiger partial charge on any atom is -0.299 e. The number of hydrogen-bond acceptors (Lipinski definition) is 1. The van der Waals surface area contributed by atoms with E-state index in [9.17, 15) is 4.79 Å². The SMILES string of the molecule is O=C1C[C@H]2CC(CC3CCC3)=C[C@@H]12. The van der Waals surface area contributed by atoms with Gasteiger partial charge in [0.05, 0.1) is 0 Å². The predicted molar refractivity (Wildman–Crippen MR) is 51.3 cm³/mol. The molecule has 2 atom stereocenters. The highest BCUT2D eigenvalue weighted by atomic mass is 16.1. The highest BCUT2D eigenvalue weighted by molar-refractivity contribution is 5.90. The van der Waals surface area contributed by atoms with Crippen LogP contribution >= 0.6 is 0 Å². The van der Waals surface area contributed by atoms with E-state index >= 15 is 0 Å². The minimum atomic E-state index is 0.357. The van der Waals surface area contributed by atoms with Gasteiger partial charge in [-0.1, -0.05) is 30.9 Å². The van der Waals surface area contributed by atoms with Gasteiger partial charge >= 0.3 is 0 Å². The molecule has 13 heavy (non-hydrogen) atoms. The van der Waals surface area contributed by atoms with Crippen LogP contribution in [0.2, 0.25) is 0 Å². The second-order valence-corrected chi connectivity index (χ2v) is 4.99. The summed E-state index contributed by atoms with van der Waals surface area (Å²) in [6, 6.07) is 0. The van der Waals surface area contributed by atoms with Crippen molar-refractivity contribution in [1.29, 1.82) is 0 Å². The molecule has 0 aromatic rings. The fourth-order valence-corrected chi connectivity index (χ4v) is 2.93. The smallest absolute Gasteiger partial charge is 0.140 e. The topological polar surface area (TPSA) is 17.1 Å². The molecule has 1 nitrogen and oxygen atoms in total. The molecule has 0 amide bonds. The van der Waals surface area contributed by atoms with Crippen LogP contribution in [0.25, 0.3) is 0 Å². The van der Waals surface area contributed by atoms with Crippen LogP contribution in [-0.4, -0.2) is 5.78 Å². The molecular formula is C12H16O. The Morgan fingerprint density at radius 1 is 1.31 bits per heavy atom. The molecule has 0 bridgehead atoms. The van der Waals surface area contributed by atoms with E-state index in [-0.39, 0.29) is 0 Å². The number of fused-ring (bicyclic) bond motifs is 1. The first-order valence-corrected chi connectivity index (χ1v) is 5.55. The zero-order chi connectivity index (χ0) is 8.84. The van der Waals surface area contributed by atoms with Crippen LogP contribution < -0.4 is 0 Å². The Hall–Kier alpha value is -0.590. The molecule has 0 saturated heterocycles. The lowest BCUT2D eigenvalue weighted by Gasteiger charge is -2.28. The number of rotatable bonds is 2. The minimum absolute atomic E-state index is 0.357. The van der Waals surface area contributed by atoms with Crippen molar-refractivity contribution in [3.63, 3.8) is 0 Å². The van der Waals surface area contributed by atoms with E-state index in [0.29, 0.717) is 11.7 Å². The fraction of sp³-hybridized carbons (Fsp3) is 0.750. The van der Waals surface area contributed by atoms with Gasteiger partial charge in [-0.3, -0.25) is 4.79 Å². The van der Waals surface area contributed by atoms with E-state index in [1.165, 1.54) is 32.1 Å². The number of allylic oxidation sites excluding steroid dienone is 2. The van der Waals surface area contributed by atoms with Crippen molar-refractivity contribution in [2.75, 3.05) is 0 Å². The van der Waals surface area contributed by atoms with Gasteiger partial charge in [0, 0.05) is 12.3 Å². The maximum absolute atomic E-state index is 11.2. The van der Waals surface area contributed by atoms with E-state index in [2.05, 4.69) is 6.08 Å². The molecule has 0 aliphatic heterocycles. The van der Waals surface area contributed by atoms with Crippen LogP contribution in [0, 0.1) is 17.8 Å². The monoisotopic (exact) mass is 176 g/mol. The summed E-state index contributed by atoms with van der Waals surface area (Å²) >= 11 is 0. The average Bonchev–Trinajstić information content (AvgIpc) is 2.35. The quantitative estimate of drug-likeness (QED) is 0.591. The Labute approximate surface area is 79.2 Å². The summed E-state index contributed by atoms with van der Waals surface area (Å²) in [4.78, 5) is 11.2. The van der Waals surface area contributed by atoms with E-state index in [1.54, 1.807) is 5.57 Å². The van der Waals surface area contributed by atoms with Crippen LogP contribution in [0.5, 0.6) is 0 Å². The summed E-state index contributed by atoms with van der Waals surface area (Å²) in [5, 5.41) is 0. The van der Waals surface area contributed by atoms with Crippen molar-refractivity contribution in [1.82, 2.24) is 0 Å². The van der Waals surface area contributed by atoms with Crippen LogP contribution in [0.1, 0.15) is 38.5 Å². The van der Waals surface area contributed by atoms with Gasteiger partial charge in [0.25, 0.3) is 0 Å². The predicted octanol–water partition coefficient (Wildman–Crippen LogP) is 2.71. The van der Waals surface area contributed by atoms with Gasteiger partial charge in [0.15, 0.2) is 0 Å². The van der Waals surface area contributed by atoms with Crippen LogP contribution in [0.15, 0.2) is 11.6 Å². The first kappa shape index (κ1) is 7.78. The lowest BCUT2D eigenvalue weighted by molar-refractivity contribution is -0.130. The summed E-state index contributed by atoms with van der Waals surface area (Å²) < 4.78 is 0. The standard InChI is InChI=1S/C12H16O/c13-12-7-10-5-9(6-11(10)12)4-8-2-1-3-8/h6,8,10-11H,1-5,7H2/t10-,11-/m1/s1. The van der Waals surface area contributed by atoms with E-state index in [4.69, 9.17) is 0 Å². The van der Waals surface area contributed by atoms with Crippen LogP contribution in [-0.2, 0) is 4.79 Å². The van der Waals surface area contributed by atoms with Crippen LogP contribution in [0.4, 0.5) is 0 Å². The molecule has 0 unspecified atom stereocenters. The largest absolute Gasteiger partial charge is 0.299 e. The number of hydrogen-bond donors (Lipinski definition) is 0. The molecule has 0 heterocycles. The molecule has 0 N–H and O–H groups in total. The number of carbonyl (C=O) groups is 1. The number of Topliss-reactive ketones (excluding diaryl/α,β-unsaturated/α-hetero) is 1. The molecule has 0 spiro atoms. The Bertz CT molecular complexity index is 273. The van der Waals surface area contributed by atoms with Gasteiger partial charge in [-0.25, -0.2) is 0 Å². The molecule has 2 saturated carbocycles. The van der Waals surface area contributed by atoms with Gasteiger partial charge in [0.2, 0.25) is 0 Å². The summed E-state index contributed by atoms with van der Waals surface area (Å²) in [7, 11) is 0. The number of carbonyl (C=O) groups excluding carboxylic acids is 1. The summed E-state index contributed by atoms with van der Waals surface area (Å²) in [5.74, 6) is 2.55. The first-order chi connectivity index (χ1) is 6.33. The average molecular weight is 176 g/mol. The van der Waals surface area contributed by atoms with Gasteiger partial charge in [-0.15, -0.1) is 0 Å². The second-order valence-electron chi connectivity index (χ2n) is 4.99. The first-order valence-electron chi connectivity index (χ1n) is 5.55. The maximum Gasteiger partial charge on any atom is 0.140 e. The van der Waals surface area contributed by atoms with E-state index in [0.717, 1.165) is 18.3 Å². The van der Waals surface area contributed by atoms with E-state index in [1.807, 2.05) is 0 Å². The normalized spacial score (nSPS) is 37.8. The van der Waals surface area contributed by atoms with Crippen molar-refractivity contribution in [2.45, 2.75) is 38.5 Å². The molecule has 0 radical (unpaired) electrons. The zero-order valence-corrected chi connectivity index (χ0v) is 7.96. The van der Waals surface area contributed by atoms with Crippen molar-refractivity contribution >= 4 is 5.78 Å². The molecule has 2 fully saturated rings. The Morgan fingerprint density at radius 3 is 2.69 bits per heavy atom. The highest BCUT2D eigenvalue weighted by Crippen LogP contribution is 2.46. The van der Waals surface area contributed by atoms with E-state index < -0.39 is 0 Å². The summed E-state index contributed by atoms with van der Waals surface area (Å²) in [6.07, 6.45) is 10.0. The van der Waals surface area contributed by atoms with Crippen molar-refractivity contribution in [3.8, 4) is 0 Å². The lowest BCUT2D eigenvalue weighted by Crippen LogP contribution is -2.32. The van der Waals surface area contributed by atoms with Gasteiger partial charge in [0.1, 0.15) is 5.78 Å². The molecule has 3 aliphatic rings. The third-order valence-electron chi connectivity index (χ3n) is 4.06. The van der Waals surface area contributed by atoms with Crippen LogP contribution in [0.3, 0.4) is 0 Å². The highest BCUT2D eigenvalue weighted by Gasteiger charge is 2.42. The van der Waals surface area contributed by atoms with Crippen molar-refractivity contribution < 1.29 is 4.79 Å². The zero-order valence-electron chi connectivity index (χ0n) is 7.96. The third kappa shape index (κ3) is 1.17. The van der Waals surface area contributed by atoms with Gasteiger partial charge in [-0.2, -0.15) is 0 Å². The lowest BCUT2D eigenvalue weighted by atomic mass is 9.74. The Morgan fingerprint density at radius 2 is 2.15 bits per heavy atom. The second kappa shape index (κ2) is 2.70. The van der Waals surface area contributed by atoms with Crippen molar-refractivity contribution in [2.24, 2.45) is 17.8 Å². The fourth-order valence-electron chi connectivity index (χ4n) is 2.93. The molecule has 0 aromatic carbocycles. The molecular weight excluding hydrogens is 160 g/mol. The third-order valence-corrected chi connectivity index (χ3v) is 4.06. The Kier molecular flexibility index (Phi) is 1.61. The molecule has 3 rings (SSSR count). The Balaban J connectivity index is 1.62. The van der Waals surface area contributed by atoms with Gasteiger partial charge < -0.3 is 0 Å². The van der Waals surface area contributed by atoms with Crippen molar-refractivity contribution in [3.05, 3.63) is 11.6 Å². The maximum atomic E-state index is 11.2. The molecule has 70 valence electrons. The summed E-state index contributed by atoms with van der Waals surface area (Å²) in [5.41, 5.74) is 1.60. The summed E-state index contributed by atoms with van der Waals surface area (Å²) in [6.45, 7) is 0. The molecule has 3 aliphatic carbocycles. The van der Waals surface area contributed by atoms with Gasteiger partial charge in [-0.05, 0) is 24.7 Å². The molecule has 0 aromatic heterocycles.